The quantitative estimate of drug-likeness (QED) is 0.799. The van der Waals surface area contributed by atoms with Crippen LogP contribution in [0.15, 0.2) is 29.6 Å². The summed E-state index contributed by atoms with van der Waals surface area (Å²) in [6, 6.07) is 7.45. The summed E-state index contributed by atoms with van der Waals surface area (Å²) in [7, 11) is 0. The highest BCUT2D eigenvalue weighted by Crippen LogP contribution is 2.26. The second-order valence-corrected chi connectivity index (χ2v) is 6.66. The molecule has 1 aromatic carbocycles. The molecule has 0 saturated carbocycles. The van der Waals surface area contributed by atoms with Crippen LogP contribution in [0.3, 0.4) is 0 Å². The summed E-state index contributed by atoms with van der Waals surface area (Å²) in [6.45, 7) is 3.35. The molecule has 1 fully saturated rings. The fourth-order valence-electron chi connectivity index (χ4n) is 2.71. The van der Waals surface area contributed by atoms with Crippen LogP contribution < -0.4 is 9.64 Å². The van der Waals surface area contributed by atoms with Crippen LogP contribution in [0.25, 0.3) is 0 Å². The van der Waals surface area contributed by atoms with Crippen LogP contribution in [0.4, 0.5) is 5.13 Å². The summed E-state index contributed by atoms with van der Waals surface area (Å²) in [6.07, 6.45) is 0.997. The molecule has 7 nitrogen and oxygen atoms in total. The molecule has 1 atom stereocenters. The predicted molar refractivity (Wildman–Crippen MR) is 96.8 cm³/mol. The van der Waals surface area contributed by atoms with E-state index in [0.29, 0.717) is 24.8 Å². The first kappa shape index (κ1) is 18.3. The topological polar surface area (TPSA) is 89.0 Å². The molecule has 2 heterocycles. The van der Waals surface area contributed by atoms with E-state index in [1.54, 1.807) is 0 Å². The molecule has 0 bridgehead atoms. The molecule has 8 heteroatoms. The van der Waals surface area contributed by atoms with Gasteiger partial charge in [-0.05, 0) is 37.5 Å². The number of carbonyl (C=O) groups is 2. The van der Waals surface area contributed by atoms with Crippen molar-refractivity contribution >= 4 is 28.3 Å². The molecular formula is C18H20N2O5S. The fourth-order valence-corrected chi connectivity index (χ4v) is 3.52. The summed E-state index contributed by atoms with van der Waals surface area (Å²) in [5.41, 5.74) is 0.828. The van der Waals surface area contributed by atoms with Crippen LogP contribution in [-0.2, 0) is 16.1 Å². The van der Waals surface area contributed by atoms with Crippen molar-refractivity contribution in [2.75, 3.05) is 18.1 Å². The van der Waals surface area contributed by atoms with Gasteiger partial charge in [0.2, 0.25) is 0 Å². The van der Waals surface area contributed by atoms with E-state index in [9.17, 15) is 9.59 Å². The second kappa shape index (κ2) is 8.29. The minimum Gasteiger partial charge on any atom is -0.494 e. The predicted octanol–water partition coefficient (Wildman–Crippen LogP) is 2.95. The van der Waals surface area contributed by atoms with Gasteiger partial charge in [-0.25, -0.2) is 9.78 Å². The Kier molecular flexibility index (Phi) is 5.85. The van der Waals surface area contributed by atoms with Gasteiger partial charge in [0.25, 0.3) is 5.91 Å². The van der Waals surface area contributed by atoms with Crippen LogP contribution in [0.1, 0.15) is 35.8 Å². The zero-order chi connectivity index (χ0) is 18.5. The monoisotopic (exact) mass is 376 g/mol. The highest BCUT2D eigenvalue weighted by Gasteiger charge is 2.31. The van der Waals surface area contributed by atoms with Gasteiger partial charge < -0.3 is 14.6 Å². The molecule has 0 aliphatic carbocycles. The highest BCUT2D eigenvalue weighted by atomic mass is 32.1. The number of aromatic nitrogens is 1. The lowest BCUT2D eigenvalue weighted by Crippen LogP contribution is -2.38. The van der Waals surface area contributed by atoms with E-state index in [-0.39, 0.29) is 18.1 Å². The summed E-state index contributed by atoms with van der Waals surface area (Å²) in [4.78, 5) is 29.6. The van der Waals surface area contributed by atoms with Gasteiger partial charge >= 0.3 is 5.97 Å². The van der Waals surface area contributed by atoms with Crippen LogP contribution in [-0.4, -0.2) is 41.3 Å². The lowest BCUT2D eigenvalue weighted by molar-refractivity contribution is -0.127. The van der Waals surface area contributed by atoms with Crippen molar-refractivity contribution in [3.05, 3.63) is 40.9 Å². The lowest BCUT2D eigenvalue weighted by Gasteiger charge is -2.23. The van der Waals surface area contributed by atoms with Gasteiger partial charge in [0.1, 0.15) is 11.9 Å². The van der Waals surface area contributed by atoms with Crippen LogP contribution in [0.5, 0.6) is 5.75 Å². The molecule has 26 heavy (non-hydrogen) atoms. The summed E-state index contributed by atoms with van der Waals surface area (Å²) in [5, 5.41) is 10.9. The number of nitrogens with zero attached hydrogens (tertiary/aromatic N) is 2. The first-order valence-electron chi connectivity index (χ1n) is 8.42. The van der Waals surface area contributed by atoms with E-state index in [1.165, 1.54) is 10.3 Å². The molecule has 1 aliphatic rings. The smallest absolute Gasteiger partial charge is 0.355 e. The van der Waals surface area contributed by atoms with Gasteiger partial charge in [0.15, 0.2) is 10.8 Å². The van der Waals surface area contributed by atoms with E-state index in [2.05, 4.69) is 4.98 Å². The molecule has 1 aliphatic heterocycles. The standard InChI is InChI=1S/C18H20N2O5S/c1-2-24-13-7-5-12(6-8-13)10-20(16(21)15-4-3-9-25-15)18-19-14(11-26-18)17(22)23/h5-8,11,15H,2-4,9-10H2,1H3,(H,22,23). The van der Waals surface area contributed by atoms with Crippen molar-refractivity contribution in [3.8, 4) is 5.75 Å². The molecular weight excluding hydrogens is 356 g/mol. The minimum absolute atomic E-state index is 0.0677. The molecule has 2 aromatic rings. The number of benzene rings is 1. The molecule has 138 valence electrons. The first-order valence-corrected chi connectivity index (χ1v) is 9.30. The second-order valence-electron chi connectivity index (χ2n) is 5.82. The molecule has 1 aromatic heterocycles. The molecule has 3 rings (SSSR count). The molecule has 1 amide bonds. The molecule has 1 N–H and O–H groups in total. The number of thiazole rings is 1. The van der Waals surface area contributed by atoms with Gasteiger partial charge in [-0.1, -0.05) is 12.1 Å². The Morgan fingerprint density at radius 3 is 2.73 bits per heavy atom. The Morgan fingerprint density at radius 1 is 1.38 bits per heavy atom. The van der Waals surface area contributed by atoms with Gasteiger partial charge in [-0.3, -0.25) is 9.69 Å². The summed E-state index contributed by atoms with van der Waals surface area (Å²) < 4.78 is 10.9. The third-order valence-corrected chi connectivity index (χ3v) is 4.85. The number of hydrogen-bond acceptors (Lipinski definition) is 6. The van der Waals surface area contributed by atoms with Crippen molar-refractivity contribution in [1.29, 1.82) is 0 Å². The van der Waals surface area contributed by atoms with Crippen molar-refractivity contribution < 1.29 is 24.2 Å². The SMILES string of the molecule is CCOc1ccc(CN(C(=O)C2CCCO2)c2nc(C(=O)O)cs2)cc1. The number of amides is 1. The summed E-state index contributed by atoms with van der Waals surface area (Å²) in [5.74, 6) is -0.545. The summed E-state index contributed by atoms with van der Waals surface area (Å²) >= 11 is 1.14. The Bertz CT molecular complexity index is 768. The maximum Gasteiger partial charge on any atom is 0.355 e. The van der Waals surface area contributed by atoms with Gasteiger partial charge in [0, 0.05) is 12.0 Å². The maximum atomic E-state index is 12.9. The molecule has 0 spiro atoms. The van der Waals surface area contributed by atoms with Crippen molar-refractivity contribution in [3.63, 3.8) is 0 Å². The molecule has 0 radical (unpaired) electrons. The Balaban J connectivity index is 1.83. The largest absolute Gasteiger partial charge is 0.494 e. The van der Waals surface area contributed by atoms with Crippen molar-refractivity contribution in [2.24, 2.45) is 0 Å². The highest BCUT2D eigenvalue weighted by molar-refractivity contribution is 7.14. The van der Waals surface area contributed by atoms with E-state index in [0.717, 1.165) is 29.1 Å². The minimum atomic E-state index is -1.11. The number of carbonyl (C=O) groups excluding carboxylic acids is 1. The zero-order valence-corrected chi connectivity index (χ0v) is 15.2. The number of carboxylic acid groups (broad SMARTS) is 1. The maximum absolute atomic E-state index is 12.9. The van der Waals surface area contributed by atoms with Gasteiger partial charge in [-0.15, -0.1) is 11.3 Å². The number of anilines is 1. The number of ether oxygens (including phenoxy) is 2. The Morgan fingerprint density at radius 2 is 2.15 bits per heavy atom. The lowest BCUT2D eigenvalue weighted by atomic mass is 10.1. The number of aromatic carboxylic acids is 1. The number of rotatable bonds is 7. The van der Waals surface area contributed by atoms with Gasteiger partial charge in [-0.2, -0.15) is 0 Å². The Hall–Kier alpha value is -2.45. The normalized spacial score (nSPS) is 16.4. The van der Waals surface area contributed by atoms with Crippen molar-refractivity contribution in [2.45, 2.75) is 32.4 Å². The van der Waals surface area contributed by atoms with E-state index in [4.69, 9.17) is 14.6 Å². The first-order chi connectivity index (χ1) is 12.6. The fraction of sp³-hybridized carbons (Fsp3) is 0.389. The third-order valence-electron chi connectivity index (χ3n) is 3.99. The van der Waals surface area contributed by atoms with Crippen LogP contribution in [0, 0.1) is 0 Å². The Labute approximate surface area is 155 Å². The average Bonchev–Trinajstić information content (AvgIpc) is 3.32. The average molecular weight is 376 g/mol. The van der Waals surface area contributed by atoms with E-state index < -0.39 is 12.1 Å². The van der Waals surface area contributed by atoms with Crippen molar-refractivity contribution in [1.82, 2.24) is 4.98 Å². The van der Waals surface area contributed by atoms with Gasteiger partial charge in [0.05, 0.1) is 13.2 Å². The van der Waals surface area contributed by atoms with E-state index in [1.807, 2.05) is 31.2 Å². The van der Waals surface area contributed by atoms with Crippen LogP contribution in [0.2, 0.25) is 0 Å². The van der Waals surface area contributed by atoms with E-state index >= 15 is 0 Å². The molecule has 1 saturated heterocycles. The zero-order valence-electron chi connectivity index (χ0n) is 14.4. The van der Waals surface area contributed by atoms with Crippen LogP contribution >= 0.6 is 11.3 Å². The molecule has 1 unspecified atom stereocenters. The third kappa shape index (κ3) is 4.20. The number of hydrogen-bond donors (Lipinski definition) is 1. The number of carboxylic acids is 1.